The molecule has 0 aliphatic heterocycles. The quantitative estimate of drug-likeness (QED) is 0.0698. The smallest absolute Gasteiger partial charge is 0.127 e. The van der Waals surface area contributed by atoms with Crippen molar-refractivity contribution in [2.24, 2.45) is 0 Å². The van der Waals surface area contributed by atoms with Gasteiger partial charge >= 0.3 is 0 Å². The van der Waals surface area contributed by atoms with E-state index in [1.54, 1.807) is 121 Å². The van der Waals surface area contributed by atoms with Crippen LogP contribution in [0.2, 0.25) is 0 Å². The molecule has 0 amide bonds. The number of hydrogen-bond donors (Lipinski definition) is 8. The maximum Gasteiger partial charge on any atom is 0.127 e. The molecule has 0 saturated heterocycles. The molecule has 8 heteroatoms. The topological polar surface area (TPSA) is 162 Å². The summed E-state index contributed by atoms with van der Waals surface area (Å²) in [6.07, 6.45) is 25.2. The summed E-state index contributed by atoms with van der Waals surface area (Å²) in [6.45, 7) is 0. The first kappa shape index (κ1) is 47.2. The van der Waals surface area contributed by atoms with Crippen LogP contribution in [0, 0.1) is 0 Å². The molecule has 7 aromatic carbocycles. The van der Waals surface area contributed by atoms with Crippen LogP contribution in [0.1, 0.15) is 44.5 Å². The molecular formula is C66H52O8. The van der Waals surface area contributed by atoms with Gasteiger partial charge in [-0.05, 0) is 175 Å². The summed E-state index contributed by atoms with van der Waals surface area (Å²) >= 11 is 0. The van der Waals surface area contributed by atoms with Crippen LogP contribution >= 0.6 is 0 Å². The van der Waals surface area contributed by atoms with Crippen LogP contribution in [0.25, 0.3) is 33.4 Å². The van der Waals surface area contributed by atoms with E-state index in [0.29, 0.717) is 44.5 Å². The second kappa shape index (κ2) is 16.8. The lowest BCUT2D eigenvalue weighted by atomic mass is 9.79. The molecule has 8 N–H and O–H groups in total. The standard InChI is InChI=1S/C66H52O8/c67-59-29-33-61(69,34-30-59)53-17-5-47(6-18-53)49-9-21-55(22-10-49)63(71)37-41-65(73,42-38-63)57-25-27-58(28-26-57)66(74)43-39-64(72,40-44-66)56-23-11-50(12-24-56)48-7-19-54(20-8-48)62(70)35-31-60(68,32-36-62)52-15-3-46(4-16-52)45-1-13-51(59)14-2-45/h1-44,67-74H. The van der Waals surface area contributed by atoms with E-state index in [4.69, 9.17) is 0 Å². The van der Waals surface area contributed by atoms with Gasteiger partial charge in [0, 0.05) is 0 Å². The predicted molar refractivity (Wildman–Crippen MR) is 286 cm³/mol. The summed E-state index contributed by atoms with van der Waals surface area (Å²) in [5.74, 6) is 0. The summed E-state index contributed by atoms with van der Waals surface area (Å²) in [7, 11) is 0. The largest absolute Gasteiger partial charge is 0.377 e. The Morgan fingerprint density at radius 3 is 0.311 bits per heavy atom. The normalized spacial score (nSPS) is 31.0. The van der Waals surface area contributed by atoms with Gasteiger partial charge in [0.1, 0.15) is 44.8 Å². The number of aliphatic hydroxyl groups is 8. The van der Waals surface area contributed by atoms with E-state index < -0.39 is 44.8 Å². The van der Waals surface area contributed by atoms with Crippen molar-refractivity contribution in [1.29, 1.82) is 0 Å². The van der Waals surface area contributed by atoms with E-state index in [9.17, 15) is 40.9 Å². The maximum absolute atomic E-state index is 11.7. The number of rotatable bonds is 0. The van der Waals surface area contributed by atoms with Gasteiger partial charge in [0.05, 0.1) is 0 Å². The Morgan fingerprint density at radius 1 is 0.135 bits per heavy atom. The second-order valence-corrected chi connectivity index (χ2v) is 20.3. The predicted octanol–water partition coefficient (Wildman–Crippen LogP) is 9.81. The van der Waals surface area contributed by atoms with Gasteiger partial charge in [0.15, 0.2) is 0 Å². The molecule has 364 valence electrons. The third kappa shape index (κ3) is 8.06. The summed E-state index contributed by atoms with van der Waals surface area (Å²) in [5.41, 5.74) is -1.74. The molecule has 27 aliphatic carbocycles. The summed E-state index contributed by atoms with van der Waals surface area (Å²) < 4.78 is 0. The summed E-state index contributed by atoms with van der Waals surface area (Å²) in [4.78, 5) is 0. The highest BCUT2D eigenvalue weighted by molar-refractivity contribution is 5.68. The van der Waals surface area contributed by atoms with Gasteiger partial charge in [-0.2, -0.15) is 0 Å². The lowest BCUT2D eigenvalue weighted by Crippen LogP contribution is -2.31. The molecule has 0 fully saturated rings. The SMILES string of the molecule is OC12C=CC(O)(C=C1)c1ccc(cc1)-c1ccc(cc1)C1(O)C=CC(O)(C=C1)c1ccc(cc1)C1(O)C=CC(O)(C=C1)c1ccc(cc1)-c1ccc(cc1)C1(O)C=CC(O)(C=C1)c1ccc(cc1)-c1ccc2cc1. The third-order valence-corrected chi connectivity index (χ3v) is 15.6. The second-order valence-electron chi connectivity index (χ2n) is 20.3. The molecule has 34 rings (SSSR count). The van der Waals surface area contributed by atoms with Crippen LogP contribution in [0.15, 0.2) is 267 Å². The number of hydrogen-bond acceptors (Lipinski definition) is 8. The van der Waals surface area contributed by atoms with Gasteiger partial charge in [-0.1, -0.05) is 170 Å². The zero-order chi connectivity index (χ0) is 51.2. The minimum Gasteiger partial charge on any atom is -0.377 e. The van der Waals surface area contributed by atoms with Crippen molar-refractivity contribution >= 4 is 0 Å². The van der Waals surface area contributed by atoms with E-state index in [2.05, 4.69) is 0 Å². The fourth-order valence-electron chi connectivity index (χ4n) is 10.6. The molecule has 0 radical (unpaired) electrons. The van der Waals surface area contributed by atoms with E-state index >= 15 is 0 Å². The molecule has 0 saturated carbocycles. The van der Waals surface area contributed by atoms with Gasteiger partial charge in [0.2, 0.25) is 0 Å². The van der Waals surface area contributed by atoms with Gasteiger partial charge < -0.3 is 40.9 Å². The van der Waals surface area contributed by atoms with Crippen molar-refractivity contribution in [2.75, 3.05) is 0 Å². The first-order valence-electron chi connectivity index (χ1n) is 24.6. The van der Waals surface area contributed by atoms with Crippen LogP contribution in [0.3, 0.4) is 0 Å². The van der Waals surface area contributed by atoms with Crippen molar-refractivity contribution < 1.29 is 40.9 Å². The Kier molecular flexibility index (Phi) is 10.7. The maximum atomic E-state index is 11.7. The van der Waals surface area contributed by atoms with E-state index in [0.717, 1.165) is 33.4 Å². The van der Waals surface area contributed by atoms with Crippen molar-refractivity contribution in [2.45, 2.75) is 44.8 Å². The highest BCUT2D eigenvalue weighted by Gasteiger charge is 2.38. The molecule has 27 aliphatic rings. The van der Waals surface area contributed by atoms with E-state index in [-0.39, 0.29) is 0 Å². The van der Waals surface area contributed by atoms with E-state index in [1.807, 2.05) is 146 Å². The Balaban J connectivity index is 0.842. The molecule has 22 bridgehead atoms. The molecule has 8 nitrogen and oxygen atoms in total. The van der Waals surface area contributed by atoms with Crippen molar-refractivity contribution in [3.8, 4) is 33.4 Å². The Labute approximate surface area is 428 Å². The van der Waals surface area contributed by atoms with Gasteiger partial charge in [0.25, 0.3) is 0 Å². The summed E-state index contributed by atoms with van der Waals surface area (Å²) in [6, 6.07) is 52.0. The average Bonchev–Trinajstić information content (AvgIpc) is 3.45. The Bertz CT molecular complexity index is 3260. The first-order chi connectivity index (χ1) is 35.4. The molecule has 0 heterocycles. The first-order valence-corrected chi connectivity index (χ1v) is 24.6. The van der Waals surface area contributed by atoms with Crippen LogP contribution in [0.5, 0.6) is 0 Å². The Morgan fingerprint density at radius 2 is 0.216 bits per heavy atom. The summed E-state index contributed by atoms with van der Waals surface area (Å²) in [5, 5.41) is 93.9. The Hall–Kier alpha value is -7.86. The van der Waals surface area contributed by atoms with Gasteiger partial charge in [-0.15, -0.1) is 0 Å². The zero-order valence-electron chi connectivity index (χ0n) is 40.0. The van der Waals surface area contributed by atoms with E-state index in [1.165, 1.54) is 0 Å². The molecular weight excluding hydrogens is 921 g/mol. The van der Waals surface area contributed by atoms with Crippen molar-refractivity contribution in [3.05, 3.63) is 312 Å². The fraction of sp³-hybridized carbons (Fsp3) is 0.121. The molecule has 74 heavy (non-hydrogen) atoms. The zero-order valence-corrected chi connectivity index (χ0v) is 40.0. The van der Waals surface area contributed by atoms with Crippen LogP contribution in [-0.4, -0.2) is 40.9 Å². The third-order valence-electron chi connectivity index (χ3n) is 15.6. The molecule has 7 aromatic rings. The minimum absolute atomic E-state index is 0.528. The van der Waals surface area contributed by atoms with Gasteiger partial charge in [-0.25, -0.2) is 0 Å². The lowest BCUT2D eigenvalue weighted by molar-refractivity contribution is 0.104. The van der Waals surface area contributed by atoms with Crippen LogP contribution < -0.4 is 0 Å². The fourth-order valence-corrected chi connectivity index (χ4v) is 10.6. The minimum atomic E-state index is -1.53. The highest BCUT2D eigenvalue weighted by Crippen LogP contribution is 2.43. The van der Waals surface area contributed by atoms with Crippen LogP contribution in [-0.2, 0) is 44.8 Å². The number of benzene rings is 7. The molecule has 0 unspecified atom stereocenters. The molecule has 0 spiro atoms. The lowest BCUT2D eigenvalue weighted by Gasteiger charge is -2.33. The van der Waals surface area contributed by atoms with Crippen LogP contribution in [0.4, 0.5) is 0 Å². The average molecular weight is 973 g/mol. The van der Waals surface area contributed by atoms with Crippen molar-refractivity contribution in [1.82, 2.24) is 0 Å². The monoisotopic (exact) mass is 972 g/mol. The highest BCUT2D eigenvalue weighted by atomic mass is 16.3. The van der Waals surface area contributed by atoms with Crippen molar-refractivity contribution in [3.63, 3.8) is 0 Å². The molecule has 0 atom stereocenters. The molecule has 0 aromatic heterocycles. The van der Waals surface area contributed by atoms with Gasteiger partial charge in [-0.3, -0.25) is 0 Å².